The second-order valence-corrected chi connectivity index (χ2v) is 3.19. The Morgan fingerprint density at radius 1 is 1.79 bits per heavy atom. The van der Waals surface area contributed by atoms with Gasteiger partial charge in [0, 0.05) is 12.6 Å². The molecule has 1 unspecified atom stereocenters. The molecular formula is C7H11N5O2. The Bertz CT molecular complexity index is 331. The normalized spacial score (nSPS) is 21.3. The van der Waals surface area contributed by atoms with Crippen molar-refractivity contribution in [1.82, 2.24) is 25.8 Å². The van der Waals surface area contributed by atoms with Crippen molar-refractivity contribution in [2.24, 2.45) is 0 Å². The van der Waals surface area contributed by atoms with E-state index in [4.69, 9.17) is 5.11 Å². The zero-order valence-corrected chi connectivity index (χ0v) is 7.47. The number of rotatable bonds is 3. The minimum atomic E-state index is -1.05. The molecule has 2 rings (SSSR count). The van der Waals surface area contributed by atoms with Crippen LogP contribution in [-0.4, -0.2) is 38.7 Å². The fourth-order valence-electron chi connectivity index (χ4n) is 1.38. The number of carboxylic acid groups (broad SMARTS) is 1. The number of carboxylic acids is 1. The lowest BCUT2D eigenvalue weighted by molar-refractivity contribution is 0.0690. The number of nitrogens with one attached hydrogen (secondary N) is 2. The first-order valence-electron chi connectivity index (χ1n) is 4.37. The van der Waals surface area contributed by atoms with Crippen LogP contribution in [0.2, 0.25) is 0 Å². The van der Waals surface area contributed by atoms with Crippen molar-refractivity contribution in [3.63, 3.8) is 0 Å². The Hall–Kier alpha value is -1.47. The SMILES string of the molecule is O=C(O)c1cn(CC2CCNN2)nn1. The molecule has 1 aromatic heterocycles. The summed E-state index contributed by atoms with van der Waals surface area (Å²) in [4.78, 5) is 10.5. The van der Waals surface area contributed by atoms with Crippen LogP contribution in [-0.2, 0) is 6.54 Å². The molecule has 1 aromatic rings. The van der Waals surface area contributed by atoms with Crippen LogP contribution in [0.1, 0.15) is 16.9 Å². The zero-order chi connectivity index (χ0) is 9.97. The van der Waals surface area contributed by atoms with Gasteiger partial charge in [-0.15, -0.1) is 5.10 Å². The van der Waals surface area contributed by atoms with E-state index < -0.39 is 5.97 Å². The first kappa shape index (κ1) is 9.10. The Morgan fingerprint density at radius 3 is 3.21 bits per heavy atom. The fourth-order valence-corrected chi connectivity index (χ4v) is 1.38. The molecular weight excluding hydrogens is 186 g/mol. The first-order valence-corrected chi connectivity index (χ1v) is 4.37. The summed E-state index contributed by atoms with van der Waals surface area (Å²) >= 11 is 0. The summed E-state index contributed by atoms with van der Waals surface area (Å²) in [6.07, 6.45) is 2.44. The second kappa shape index (κ2) is 3.72. The lowest BCUT2D eigenvalue weighted by Crippen LogP contribution is -2.33. The summed E-state index contributed by atoms with van der Waals surface area (Å²) in [6, 6.07) is 0.290. The van der Waals surface area contributed by atoms with Crippen LogP contribution in [0.3, 0.4) is 0 Å². The van der Waals surface area contributed by atoms with Gasteiger partial charge in [-0.3, -0.25) is 15.5 Å². The molecule has 0 amide bonds. The molecule has 0 saturated carbocycles. The van der Waals surface area contributed by atoms with E-state index >= 15 is 0 Å². The van der Waals surface area contributed by atoms with Crippen LogP contribution in [0.4, 0.5) is 0 Å². The van der Waals surface area contributed by atoms with Crippen LogP contribution in [0.15, 0.2) is 6.20 Å². The lowest BCUT2D eigenvalue weighted by Gasteiger charge is -2.07. The van der Waals surface area contributed by atoms with E-state index in [9.17, 15) is 4.79 Å². The van der Waals surface area contributed by atoms with E-state index in [-0.39, 0.29) is 5.69 Å². The highest BCUT2D eigenvalue weighted by atomic mass is 16.4. The highest BCUT2D eigenvalue weighted by Crippen LogP contribution is 2.00. The molecule has 1 saturated heterocycles. The molecule has 0 spiro atoms. The fraction of sp³-hybridized carbons (Fsp3) is 0.571. The van der Waals surface area contributed by atoms with Crippen molar-refractivity contribution in [1.29, 1.82) is 0 Å². The molecule has 0 aromatic carbocycles. The molecule has 1 aliphatic rings. The maximum atomic E-state index is 10.5. The quantitative estimate of drug-likeness (QED) is 0.566. The van der Waals surface area contributed by atoms with Gasteiger partial charge in [-0.05, 0) is 6.42 Å². The summed E-state index contributed by atoms with van der Waals surface area (Å²) in [5.74, 6) is -1.05. The summed E-state index contributed by atoms with van der Waals surface area (Å²) in [5.41, 5.74) is 6.03. The Balaban J connectivity index is 1.98. The summed E-state index contributed by atoms with van der Waals surface area (Å²) in [6.45, 7) is 1.55. The average Bonchev–Trinajstić information content (AvgIpc) is 2.75. The number of aromatic nitrogens is 3. The van der Waals surface area contributed by atoms with Crippen LogP contribution < -0.4 is 10.9 Å². The summed E-state index contributed by atoms with van der Waals surface area (Å²) in [7, 11) is 0. The molecule has 2 heterocycles. The number of hydrogen-bond acceptors (Lipinski definition) is 5. The van der Waals surface area contributed by atoms with Gasteiger partial charge < -0.3 is 5.11 Å². The van der Waals surface area contributed by atoms with Crippen molar-refractivity contribution in [2.45, 2.75) is 19.0 Å². The van der Waals surface area contributed by atoms with Gasteiger partial charge in [-0.25, -0.2) is 4.79 Å². The van der Waals surface area contributed by atoms with Gasteiger partial charge in [0.15, 0.2) is 5.69 Å². The number of carbonyl (C=O) groups is 1. The van der Waals surface area contributed by atoms with E-state index in [1.807, 2.05) is 0 Å². The van der Waals surface area contributed by atoms with Crippen molar-refractivity contribution < 1.29 is 9.90 Å². The molecule has 0 radical (unpaired) electrons. The minimum absolute atomic E-state index is 0.0176. The molecule has 3 N–H and O–H groups in total. The van der Waals surface area contributed by atoms with E-state index in [0.717, 1.165) is 13.0 Å². The number of aromatic carboxylic acids is 1. The van der Waals surface area contributed by atoms with E-state index in [2.05, 4.69) is 21.2 Å². The molecule has 0 bridgehead atoms. The molecule has 1 atom stereocenters. The standard InChI is InChI=1S/C7H11N5O2/c13-7(14)6-4-12(11-10-6)3-5-1-2-8-9-5/h4-5,8-9H,1-3H2,(H,13,14). The third-order valence-corrected chi connectivity index (χ3v) is 2.09. The number of nitrogens with zero attached hydrogens (tertiary/aromatic N) is 3. The smallest absolute Gasteiger partial charge is 0.358 e. The molecule has 14 heavy (non-hydrogen) atoms. The molecule has 7 nitrogen and oxygen atoms in total. The van der Waals surface area contributed by atoms with E-state index in [1.54, 1.807) is 0 Å². The first-order chi connectivity index (χ1) is 6.75. The Labute approximate surface area is 80.1 Å². The third-order valence-electron chi connectivity index (χ3n) is 2.09. The maximum Gasteiger partial charge on any atom is 0.358 e. The largest absolute Gasteiger partial charge is 0.476 e. The van der Waals surface area contributed by atoms with Crippen LogP contribution >= 0.6 is 0 Å². The van der Waals surface area contributed by atoms with Gasteiger partial charge in [0.05, 0.1) is 12.7 Å². The molecule has 76 valence electrons. The van der Waals surface area contributed by atoms with E-state index in [1.165, 1.54) is 10.9 Å². The summed E-state index contributed by atoms with van der Waals surface area (Å²) in [5, 5.41) is 15.9. The van der Waals surface area contributed by atoms with Gasteiger partial charge in [-0.1, -0.05) is 5.21 Å². The van der Waals surface area contributed by atoms with Gasteiger partial charge in [0.2, 0.25) is 0 Å². The lowest BCUT2D eigenvalue weighted by atomic mass is 10.2. The van der Waals surface area contributed by atoms with Crippen molar-refractivity contribution in [2.75, 3.05) is 6.54 Å². The molecule has 1 fully saturated rings. The third kappa shape index (κ3) is 1.88. The topological polar surface area (TPSA) is 92.1 Å². The molecule has 1 aliphatic heterocycles. The molecule has 0 aliphatic carbocycles. The predicted molar refractivity (Wildman–Crippen MR) is 46.5 cm³/mol. The highest BCUT2D eigenvalue weighted by Gasteiger charge is 2.16. The number of hydrazine groups is 1. The predicted octanol–water partition coefficient (Wildman–Crippen LogP) is -1.16. The highest BCUT2D eigenvalue weighted by molar-refractivity contribution is 5.84. The van der Waals surface area contributed by atoms with Gasteiger partial charge in [-0.2, -0.15) is 0 Å². The average molecular weight is 197 g/mol. The van der Waals surface area contributed by atoms with Gasteiger partial charge in [0.1, 0.15) is 0 Å². The van der Waals surface area contributed by atoms with Gasteiger partial charge >= 0.3 is 5.97 Å². The monoisotopic (exact) mass is 197 g/mol. The van der Waals surface area contributed by atoms with Crippen LogP contribution in [0.5, 0.6) is 0 Å². The van der Waals surface area contributed by atoms with E-state index in [0.29, 0.717) is 12.6 Å². The number of hydrogen-bond donors (Lipinski definition) is 3. The van der Waals surface area contributed by atoms with Crippen molar-refractivity contribution in [3.8, 4) is 0 Å². The Kier molecular flexibility index (Phi) is 2.42. The Morgan fingerprint density at radius 2 is 2.64 bits per heavy atom. The maximum absolute atomic E-state index is 10.5. The van der Waals surface area contributed by atoms with Crippen molar-refractivity contribution in [3.05, 3.63) is 11.9 Å². The summed E-state index contributed by atoms with van der Waals surface area (Å²) < 4.78 is 1.54. The van der Waals surface area contributed by atoms with Crippen LogP contribution in [0.25, 0.3) is 0 Å². The second-order valence-electron chi connectivity index (χ2n) is 3.19. The van der Waals surface area contributed by atoms with Gasteiger partial charge in [0.25, 0.3) is 0 Å². The zero-order valence-electron chi connectivity index (χ0n) is 7.47. The van der Waals surface area contributed by atoms with Crippen molar-refractivity contribution >= 4 is 5.97 Å². The van der Waals surface area contributed by atoms with Crippen LogP contribution in [0, 0.1) is 0 Å². The molecule has 7 heteroatoms. The minimum Gasteiger partial charge on any atom is -0.476 e.